The van der Waals surface area contributed by atoms with Gasteiger partial charge in [-0.1, -0.05) is 12.1 Å². The van der Waals surface area contributed by atoms with Crippen LogP contribution in [-0.2, 0) is 11.8 Å². The number of aliphatic carboxylic acids is 1. The average molecular weight is 229 g/mol. The molecule has 0 aliphatic heterocycles. The quantitative estimate of drug-likeness (QED) is 0.796. The number of benzene rings is 1. The molecule has 2 aromatic rings. The van der Waals surface area contributed by atoms with E-state index >= 15 is 0 Å². The minimum absolute atomic E-state index is 0.156. The second-order valence-corrected chi connectivity index (χ2v) is 3.71. The zero-order valence-electron chi connectivity index (χ0n) is 9.25. The Labute approximate surface area is 97.4 Å². The molecular weight excluding hydrogens is 218 g/mol. The highest BCUT2D eigenvalue weighted by molar-refractivity contribution is 5.87. The monoisotopic (exact) mass is 229 g/mol. The van der Waals surface area contributed by atoms with Gasteiger partial charge in [0.1, 0.15) is 0 Å². The van der Waals surface area contributed by atoms with Crippen molar-refractivity contribution in [2.45, 2.75) is 0 Å². The van der Waals surface area contributed by atoms with Crippen molar-refractivity contribution in [1.29, 1.82) is 0 Å². The molecule has 0 aliphatic rings. The molecule has 0 radical (unpaired) electrons. The normalized spacial score (nSPS) is 11.1. The highest BCUT2D eigenvalue weighted by atomic mass is 16.4. The lowest BCUT2D eigenvalue weighted by Gasteiger charge is -2.06. The third-order valence-electron chi connectivity index (χ3n) is 2.53. The number of hydrogen-bond donors (Lipinski definition) is 1. The molecule has 4 nitrogen and oxygen atoms in total. The van der Waals surface area contributed by atoms with E-state index in [9.17, 15) is 9.59 Å². The van der Waals surface area contributed by atoms with E-state index in [2.05, 4.69) is 0 Å². The first-order valence-corrected chi connectivity index (χ1v) is 5.09. The number of hydrogen-bond acceptors (Lipinski definition) is 2. The smallest absolute Gasteiger partial charge is 0.328 e. The van der Waals surface area contributed by atoms with E-state index in [1.54, 1.807) is 22.9 Å². The summed E-state index contributed by atoms with van der Waals surface area (Å²) in [6.07, 6.45) is 3.91. The second kappa shape index (κ2) is 4.25. The number of aryl methyl sites for hydroxylation is 1. The summed E-state index contributed by atoms with van der Waals surface area (Å²) in [6.45, 7) is 0. The molecule has 1 N–H and O–H groups in total. The van der Waals surface area contributed by atoms with Crippen molar-refractivity contribution in [3.05, 3.63) is 52.3 Å². The number of para-hydroxylation sites is 1. The predicted molar refractivity (Wildman–Crippen MR) is 65.9 cm³/mol. The van der Waals surface area contributed by atoms with Crippen LogP contribution in [0.3, 0.4) is 0 Å². The Balaban J connectivity index is 2.71. The third-order valence-corrected chi connectivity index (χ3v) is 2.53. The summed E-state index contributed by atoms with van der Waals surface area (Å²) < 4.78 is 1.80. The first-order chi connectivity index (χ1) is 8.09. The van der Waals surface area contributed by atoms with E-state index in [4.69, 9.17) is 5.11 Å². The molecule has 0 unspecified atom stereocenters. The van der Waals surface area contributed by atoms with Crippen LogP contribution in [0.1, 0.15) is 5.56 Å². The maximum Gasteiger partial charge on any atom is 0.328 e. The van der Waals surface area contributed by atoms with E-state index in [0.717, 1.165) is 11.6 Å². The molecule has 1 aromatic heterocycles. The van der Waals surface area contributed by atoms with Crippen molar-refractivity contribution in [2.24, 2.45) is 7.05 Å². The van der Waals surface area contributed by atoms with Crippen molar-refractivity contribution in [3.63, 3.8) is 0 Å². The lowest BCUT2D eigenvalue weighted by Crippen LogP contribution is -2.10. The fourth-order valence-electron chi connectivity index (χ4n) is 1.75. The molecule has 4 heteroatoms. The first kappa shape index (κ1) is 11.1. The molecule has 0 amide bonds. The summed E-state index contributed by atoms with van der Waals surface area (Å²) in [6, 6.07) is 7.22. The summed E-state index contributed by atoms with van der Waals surface area (Å²) in [5.41, 5.74) is 1.04. The van der Waals surface area contributed by atoms with Gasteiger partial charge in [-0.25, -0.2) is 4.79 Å². The second-order valence-electron chi connectivity index (χ2n) is 3.71. The largest absolute Gasteiger partial charge is 0.478 e. The molecule has 0 spiro atoms. The molecule has 0 saturated heterocycles. The lowest BCUT2D eigenvalue weighted by atomic mass is 10.1. The number of nitrogens with zero attached hydrogens (tertiary/aromatic N) is 1. The van der Waals surface area contributed by atoms with Crippen LogP contribution in [0.15, 0.2) is 41.3 Å². The van der Waals surface area contributed by atoms with E-state index in [0.29, 0.717) is 10.9 Å². The highest BCUT2D eigenvalue weighted by Crippen LogP contribution is 2.10. The van der Waals surface area contributed by atoms with Crippen molar-refractivity contribution >= 4 is 22.9 Å². The summed E-state index contributed by atoms with van der Waals surface area (Å²) >= 11 is 0. The molecule has 2 rings (SSSR count). The van der Waals surface area contributed by atoms with Gasteiger partial charge in [-0.2, -0.15) is 0 Å². The van der Waals surface area contributed by atoms with Crippen LogP contribution in [0.2, 0.25) is 0 Å². The van der Waals surface area contributed by atoms with Gasteiger partial charge in [0.15, 0.2) is 5.43 Å². The Hall–Kier alpha value is -2.36. The SMILES string of the molecule is Cn1cc(/C=C/C(=O)O)c(=O)c2ccccc21. The Bertz CT molecular complexity index is 668. The predicted octanol–water partition coefficient (Wildman–Crippen LogP) is 1.64. The van der Waals surface area contributed by atoms with Crippen LogP contribution >= 0.6 is 0 Å². The number of rotatable bonds is 2. The summed E-state index contributed by atoms with van der Waals surface area (Å²) in [5.74, 6) is -1.07. The fraction of sp³-hybridized carbons (Fsp3) is 0.0769. The first-order valence-electron chi connectivity index (χ1n) is 5.09. The zero-order valence-corrected chi connectivity index (χ0v) is 9.25. The van der Waals surface area contributed by atoms with E-state index in [-0.39, 0.29) is 5.43 Å². The molecular formula is C13H11NO3. The fourth-order valence-corrected chi connectivity index (χ4v) is 1.75. The Morgan fingerprint density at radius 2 is 2.06 bits per heavy atom. The molecule has 0 saturated carbocycles. The van der Waals surface area contributed by atoms with Crippen LogP contribution in [0.5, 0.6) is 0 Å². The van der Waals surface area contributed by atoms with Gasteiger partial charge < -0.3 is 9.67 Å². The van der Waals surface area contributed by atoms with Crippen molar-refractivity contribution in [2.75, 3.05) is 0 Å². The Kier molecular flexibility index (Phi) is 2.78. The Morgan fingerprint density at radius 1 is 1.35 bits per heavy atom. The standard InChI is InChI=1S/C13H11NO3/c1-14-8-9(6-7-12(15)16)13(17)10-4-2-3-5-11(10)14/h2-8H,1H3,(H,15,16)/b7-6+. The van der Waals surface area contributed by atoms with Gasteiger partial charge in [-0.05, 0) is 18.2 Å². The molecule has 86 valence electrons. The number of fused-ring (bicyclic) bond motifs is 1. The summed E-state index contributed by atoms with van der Waals surface area (Å²) in [5, 5.41) is 9.14. The lowest BCUT2D eigenvalue weighted by molar-refractivity contribution is -0.131. The van der Waals surface area contributed by atoms with Crippen LogP contribution in [0.4, 0.5) is 0 Å². The van der Waals surface area contributed by atoms with Crippen LogP contribution in [-0.4, -0.2) is 15.6 Å². The number of aromatic nitrogens is 1. The number of pyridine rings is 1. The molecule has 0 aliphatic carbocycles. The highest BCUT2D eigenvalue weighted by Gasteiger charge is 2.04. The molecule has 0 atom stereocenters. The summed E-state index contributed by atoms with van der Waals surface area (Å²) in [7, 11) is 1.82. The zero-order chi connectivity index (χ0) is 12.4. The van der Waals surface area contributed by atoms with Gasteiger partial charge in [-0.15, -0.1) is 0 Å². The minimum atomic E-state index is -1.07. The van der Waals surface area contributed by atoms with Gasteiger partial charge in [0.05, 0.1) is 5.52 Å². The molecule has 17 heavy (non-hydrogen) atoms. The number of carbonyl (C=O) groups is 1. The van der Waals surface area contributed by atoms with E-state index in [1.807, 2.05) is 19.2 Å². The van der Waals surface area contributed by atoms with Crippen LogP contribution < -0.4 is 5.43 Å². The molecule has 0 bridgehead atoms. The number of carboxylic acid groups (broad SMARTS) is 1. The molecule has 0 fully saturated rings. The summed E-state index contributed by atoms with van der Waals surface area (Å²) in [4.78, 5) is 22.5. The van der Waals surface area contributed by atoms with Crippen molar-refractivity contribution < 1.29 is 9.90 Å². The van der Waals surface area contributed by atoms with Crippen molar-refractivity contribution in [3.8, 4) is 0 Å². The molecule has 1 heterocycles. The Morgan fingerprint density at radius 3 is 2.76 bits per heavy atom. The van der Waals surface area contributed by atoms with Crippen molar-refractivity contribution in [1.82, 2.24) is 4.57 Å². The van der Waals surface area contributed by atoms with E-state index in [1.165, 1.54) is 6.08 Å². The van der Waals surface area contributed by atoms with E-state index < -0.39 is 5.97 Å². The minimum Gasteiger partial charge on any atom is -0.478 e. The maximum absolute atomic E-state index is 12.0. The van der Waals surface area contributed by atoms with Gasteiger partial charge in [0, 0.05) is 30.3 Å². The average Bonchev–Trinajstić information content (AvgIpc) is 2.32. The van der Waals surface area contributed by atoms with Gasteiger partial charge in [0.2, 0.25) is 0 Å². The maximum atomic E-state index is 12.0. The van der Waals surface area contributed by atoms with Crippen LogP contribution in [0, 0.1) is 0 Å². The van der Waals surface area contributed by atoms with Gasteiger partial charge >= 0.3 is 5.97 Å². The van der Waals surface area contributed by atoms with Gasteiger partial charge in [-0.3, -0.25) is 4.79 Å². The number of carboxylic acids is 1. The third kappa shape index (κ3) is 2.10. The topological polar surface area (TPSA) is 59.3 Å². The van der Waals surface area contributed by atoms with Gasteiger partial charge in [0.25, 0.3) is 0 Å². The van der Waals surface area contributed by atoms with Crippen LogP contribution in [0.25, 0.3) is 17.0 Å². The molecule has 1 aromatic carbocycles.